The third-order valence-electron chi connectivity index (χ3n) is 6.01. The summed E-state index contributed by atoms with van der Waals surface area (Å²) < 4.78 is 0. The lowest BCUT2D eigenvalue weighted by molar-refractivity contribution is -0.125. The van der Waals surface area contributed by atoms with Gasteiger partial charge < -0.3 is 10.2 Å². The third kappa shape index (κ3) is 4.18. The van der Waals surface area contributed by atoms with Crippen LogP contribution < -0.4 is 10.2 Å². The largest absolute Gasteiger partial charge is 0.352 e. The third-order valence-corrected chi connectivity index (χ3v) is 6.01. The van der Waals surface area contributed by atoms with Crippen molar-refractivity contribution in [2.75, 3.05) is 18.0 Å². The Morgan fingerprint density at radius 2 is 1.96 bits per heavy atom. The minimum atomic E-state index is 0.0173. The summed E-state index contributed by atoms with van der Waals surface area (Å²) in [5.41, 5.74) is 4.74. The molecule has 148 valence electrons. The van der Waals surface area contributed by atoms with Gasteiger partial charge in [-0.1, -0.05) is 38.1 Å². The van der Waals surface area contributed by atoms with E-state index in [-0.39, 0.29) is 11.8 Å². The molecule has 1 saturated heterocycles. The number of aryl methyl sites for hydroxylation is 1. The van der Waals surface area contributed by atoms with Crippen LogP contribution >= 0.6 is 0 Å². The van der Waals surface area contributed by atoms with E-state index in [1.807, 2.05) is 6.20 Å². The number of fused-ring (bicyclic) bond motifs is 1. The second kappa shape index (κ2) is 8.29. The van der Waals surface area contributed by atoms with Crippen LogP contribution in [-0.4, -0.2) is 29.0 Å². The minimum Gasteiger partial charge on any atom is -0.352 e. The molecular weight excluding hydrogens is 348 g/mol. The molecule has 0 bridgehead atoms. The molecule has 28 heavy (non-hydrogen) atoms. The van der Waals surface area contributed by atoms with Gasteiger partial charge in [0.25, 0.3) is 0 Å². The first-order valence-corrected chi connectivity index (χ1v) is 10.6. The van der Waals surface area contributed by atoms with Gasteiger partial charge in [0.05, 0.1) is 0 Å². The van der Waals surface area contributed by atoms with Gasteiger partial charge in [-0.05, 0) is 54.7 Å². The first kappa shape index (κ1) is 18.9. The van der Waals surface area contributed by atoms with Gasteiger partial charge in [0.1, 0.15) is 0 Å². The Kier molecular flexibility index (Phi) is 5.60. The Labute approximate surface area is 167 Å². The van der Waals surface area contributed by atoms with Crippen LogP contribution in [0.25, 0.3) is 0 Å². The van der Waals surface area contributed by atoms with Crippen molar-refractivity contribution in [3.05, 3.63) is 52.8 Å². The fraction of sp³-hybridized carbons (Fsp3) is 0.522. The first-order chi connectivity index (χ1) is 13.6. The maximum atomic E-state index is 12.7. The zero-order chi connectivity index (χ0) is 19.5. The fourth-order valence-electron chi connectivity index (χ4n) is 4.14. The molecular formula is C23H30N4O. The van der Waals surface area contributed by atoms with Crippen molar-refractivity contribution in [1.82, 2.24) is 15.3 Å². The molecule has 1 atom stereocenters. The highest BCUT2D eigenvalue weighted by Gasteiger charge is 2.27. The molecule has 2 aliphatic rings. The predicted molar refractivity (Wildman–Crippen MR) is 111 cm³/mol. The zero-order valence-corrected chi connectivity index (χ0v) is 16.9. The van der Waals surface area contributed by atoms with Crippen molar-refractivity contribution >= 4 is 11.9 Å². The van der Waals surface area contributed by atoms with Crippen molar-refractivity contribution in [1.29, 1.82) is 0 Å². The van der Waals surface area contributed by atoms with Crippen LogP contribution in [0.1, 0.15) is 61.4 Å². The van der Waals surface area contributed by atoms with Crippen molar-refractivity contribution in [3.8, 4) is 0 Å². The molecule has 1 amide bonds. The maximum absolute atomic E-state index is 12.7. The number of anilines is 1. The normalized spacial score (nSPS) is 19.0. The quantitative estimate of drug-likeness (QED) is 0.863. The highest BCUT2D eigenvalue weighted by molar-refractivity contribution is 5.79. The van der Waals surface area contributed by atoms with Crippen LogP contribution in [-0.2, 0) is 24.2 Å². The number of hydrogen-bond donors (Lipinski definition) is 1. The minimum absolute atomic E-state index is 0.0173. The standard InChI is InChI=1S/C23H30N4O/c1-16(2)18-7-5-17(6-8-18)14-24-22(28)19-9-10-21-20(13-19)15-25-23(26-21)27-11-3-4-12-27/h5-8,15-16,19H,3-4,9-14H2,1-2H3,(H,24,28)/t19-/m1/s1. The van der Waals surface area contributed by atoms with Crippen molar-refractivity contribution in [3.63, 3.8) is 0 Å². The lowest BCUT2D eigenvalue weighted by Gasteiger charge is -2.24. The lowest BCUT2D eigenvalue weighted by atomic mass is 9.86. The Morgan fingerprint density at radius 3 is 2.68 bits per heavy atom. The predicted octanol–water partition coefficient (Wildman–Crippen LogP) is 3.62. The average Bonchev–Trinajstić information content (AvgIpc) is 3.26. The van der Waals surface area contributed by atoms with Crippen molar-refractivity contribution < 1.29 is 4.79 Å². The molecule has 1 N–H and O–H groups in total. The Balaban J connectivity index is 1.34. The molecule has 5 heteroatoms. The van der Waals surface area contributed by atoms with E-state index in [1.54, 1.807) is 0 Å². The smallest absolute Gasteiger partial charge is 0.225 e. The number of nitrogens with one attached hydrogen (secondary N) is 1. The SMILES string of the molecule is CC(C)c1ccc(CNC(=O)[C@@H]2CCc3nc(N4CCCC4)ncc3C2)cc1. The molecule has 0 radical (unpaired) electrons. The summed E-state index contributed by atoms with van der Waals surface area (Å²) in [5, 5.41) is 3.12. The maximum Gasteiger partial charge on any atom is 0.225 e. The summed E-state index contributed by atoms with van der Waals surface area (Å²) >= 11 is 0. The average molecular weight is 379 g/mol. The van der Waals surface area contributed by atoms with Crippen molar-refractivity contribution in [2.45, 2.75) is 58.4 Å². The molecule has 1 aliphatic heterocycles. The van der Waals surface area contributed by atoms with Crippen molar-refractivity contribution in [2.24, 2.45) is 5.92 Å². The number of carbonyl (C=O) groups excluding carboxylic acids is 1. The summed E-state index contributed by atoms with van der Waals surface area (Å²) in [6.07, 6.45) is 6.86. The molecule has 1 fully saturated rings. The molecule has 0 spiro atoms. The number of rotatable bonds is 5. The molecule has 2 aromatic rings. The van der Waals surface area contributed by atoms with Gasteiger partial charge in [0.15, 0.2) is 0 Å². The number of hydrogen-bond acceptors (Lipinski definition) is 4. The van der Waals surface area contributed by atoms with E-state index in [0.29, 0.717) is 12.5 Å². The molecule has 4 rings (SSSR count). The van der Waals surface area contributed by atoms with E-state index < -0.39 is 0 Å². The van der Waals surface area contributed by atoms with Gasteiger partial charge in [-0.2, -0.15) is 0 Å². The highest BCUT2D eigenvalue weighted by Crippen LogP contribution is 2.26. The summed E-state index contributed by atoms with van der Waals surface area (Å²) in [5.74, 6) is 1.55. The van der Waals surface area contributed by atoms with Crippen LogP contribution in [0.2, 0.25) is 0 Å². The molecule has 0 unspecified atom stereocenters. The molecule has 1 aromatic heterocycles. The van der Waals surface area contributed by atoms with Crippen LogP contribution in [0, 0.1) is 5.92 Å². The molecule has 1 aromatic carbocycles. The van der Waals surface area contributed by atoms with Crippen LogP contribution in [0.5, 0.6) is 0 Å². The van der Waals surface area contributed by atoms with Crippen LogP contribution in [0.3, 0.4) is 0 Å². The van der Waals surface area contributed by atoms with Gasteiger partial charge in [0, 0.05) is 37.4 Å². The van der Waals surface area contributed by atoms with Gasteiger partial charge >= 0.3 is 0 Å². The Morgan fingerprint density at radius 1 is 1.21 bits per heavy atom. The number of amides is 1. The van der Waals surface area contributed by atoms with Gasteiger partial charge in [-0.3, -0.25) is 4.79 Å². The summed E-state index contributed by atoms with van der Waals surface area (Å²) in [4.78, 5) is 24.3. The lowest BCUT2D eigenvalue weighted by Crippen LogP contribution is -2.34. The highest BCUT2D eigenvalue weighted by atomic mass is 16.1. The van der Waals surface area contributed by atoms with Crippen LogP contribution in [0.15, 0.2) is 30.5 Å². The fourth-order valence-corrected chi connectivity index (χ4v) is 4.14. The monoisotopic (exact) mass is 378 g/mol. The Bertz CT molecular complexity index is 825. The van der Waals surface area contributed by atoms with E-state index in [1.165, 1.54) is 18.4 Å². The number of carbonyl (C=O) groups is 1. The summed E-state index contributed by atoms with van der Waals surface area (Å²) in [6.45, 7) is 7.08. The van der Waals surface area contributed by atoms with E-state index in [9.17, 15) is 4.79 Å². The zero-order valence-electron chi connectivity index (χ0n) is 16.9. The van der Waals surface area contributed by atoms with Gasteiger partial charge in [0.2, 0.25) is 11.9 Å². The Hall–Kier alpha value is -2.43. The first-order valence-electron chi connectivity index (χ1n) is 10.6. The second-order valence-corrected chi connectivity index (χ2v) is 8.39. The summed E-state index contributed by atoms with van der Waals surface area (Å²) in [7, 11) is 0. The molecule has 1 aliphatic carbocycles. The topological polar surface area (TPSA) is 58.1 Å². The second-order valence-electron chi connectivity index (χ2n) is 8.39. The van der Waals surface area contributed by atoms with Gasteiger partial charge in [-0.15, -0.1) is 0 Å². The van der Waals surface area contributed by atoms with E-state index in [2.05, 4.69) is 53.3 Å². The van der Waals surface area contributed by atoms with E-state index in [0.717, 1.165) is 55.1 Å². The summed E-state index contributed by atoms with van der Waals surface area (Å²) in [6, 6.07) is 8.52. The van der Waals surface area contributed by atoms with E-state index >= 15 is 0 Å². The van der Waals surface area contributed by atoms with Gasteiger partial charge in [-0.25, -0.2) is 9.97 Å². The van der Waals surface area contributed by atoms with E-state index in [4.69, 9.17) is 4.98 Å². The number of aromatic nitrogens is 2. The molecule has 5 nitrogen and oxygen atoms in total. The molecule has 0 saturated carbocycles. The number of benzene rings is 1. The van der Waals surface area contributed by atoms with Crippen LogP contribution in [0.4, 0.5) is 5.95 Å². The number of nitrogens with zero attached hydrogens (tertiary/aromatic N) is 3. The molecule has 2 heterocycles.